The molecule has 0 bridgehead atoms. The quantitative estimate of drug-likeness (QED) is 0.775. The first-order chi connectivity index (χ1) is 11.8. The Hall–Kier alpha value is -2.17. The van der Waals surface area contributed by atoms with Gasteiger partial charge in [-0.15, -0.1) is 18.3 Å². The fourth-order valence-electron chi connectivity index (χ4n) is 2.67. The molecule has 2 aromatic carbocycles. The number of methoxy groups -OCH3 is 1. The van der Waals surface area contributed by atoms with Crippen LogP contribution in [-0.2, 0) is 0 Å². The second-order valence-corrected chi connectivity index (χ2v) is 6.65. The third-order valence-corrected chi connectivity index (χ3v) is 4.91. The van der Waals surface area contributed by atoms with E-state index in [1.807, 2.05) is 24.3 Å². The fourth-order valence-corrected chi connectivity index (χ4v) is 3.45. The number of nitrogens with one attached hydrogen (secondary N) is 2. The molecule has 3 nitrogen and oxygen atoms in total. The highest BCUT2D eigenvalue weighted by Crippen LogP contribution is 2.28. The Morgan fingerprint density at radius 3 is 2.54 bits per heavy atom. The lowest BCUT2D eigenvalue weighted by Gasteiger charge is -2.32. The third kappa shape index (κ3) is 4.02. The molecule has 1 heterocycles. The Morgan fingerprint density at radius 1 is 1.12 bits per heavy atom. The summed E-state index contributed by atoms with van der Waals surface area (Å²) in [6.07, 6.45) is 4.17. The highest BCUT2D eigenvalue weighted by Gasteiger charge is 2.22. The minimum atomic E-state index is 0.135. The van der Waals surface area contributed by atoms with Crippen LogP contribution in [0.3, 0.4) is 0 Å². The van der Waals surface area contributed by atoms with Crippen molar-refractivity contribution < 1.29 is 4.74 Å². The Balaban J connectivity index is 1.88. The smallest absolute Gasteiger partial charge is 0.126 e. The van der Waals surface area contributed by atoms with Crippen molar-refractivity contribution in [3.63, 3.8) is 0 Å². The molecule has 0 radical (unpaired) electrons. The zero-order valence-electron chi connectivity index (χ0n) is 13.7. The zero-order valence-corrected chi connectivity index (χ0v) is 14.6. The second-order valence-electron chi connectivity index (χ2n) is 5.51. The van der Waals surface area contributed by atoms with Crippen LogP contribution in [0.25, 0.3) is 5.70 Å². The summed E-state index contributed by atoms with van der Waals surface area (Å²) in [6, 6.07) is 18.8. The van der Waals surface area contributed by atoms with Gasteiger partial charge in [-0.05, 0) is 41.5 Å². The summed E-state index contributed by atoms with van der Waals surface area (Å²) in [6.45, 7) is 3.81. The van der Waals surface area contributed by atoms with Gasteiger partial charge in [-0.1, -0.05) is 36.4 Å². The Labute approximate surface area is 147 Å². The molecule has 3 rings (SSSR count). The van der Waals surface area contributed by atoms with Crippen molar-refractivity contribution in [3.05, 3.63) is 84.5 Å². The van der Waals surface area contributed by atoms with Gasteiger partial charge in [0.05, 0.1) is 13.2 Å². The van der Waals surface area contributed by atoms with Crippen LogP contribution in [0.2, 0.25) is 0 Å². The highest BCUT2D eigenvalue weighted by molar-refractivity contribution is 7.99. The van der Waals surface area contributed by atoms with Gasteiger partial charge >= 0.3 is 0 Å². The van der Waals surface area contributed by atoms with Crippen LogP contribution < -0.4 is 15.4 Å². The van der Waals surface area contributed by atoms with Gasteiger partial charge in [-0.3, -0.25) is 5.32 Å². The van der Waals surface area contributed by atoms with E-state index in [-0.39, 0.29) is 11.5 Å². The van der Waals surface area contributed by atoms with Gasteiger partial charge in [0.25, 0.3) is 0 Å². The number of ether oxygens (including phenoxy) is 1. The molecule has 0 spiro atoms. The Bertz CT molecular complexity index is 697. The minimum Gasteiger partial charge on any atom is -0.497 e. The number of hydrogen-bond donors (Lipinski definition) is 2. The van der Waals surface area contributed by atoms with Crippen molar-refractivity contribution in [1.82, 2.24) is 10.6 Å². The van der Waals surface area contributed by atoms with E-state index >= 15 is 0 Å². The predicted molar refractivity (Wildman–Crippen MR) is 103 cm³/mol. The number of benzene rings is 2. The summed E-state index contributed by atoms with van der Waals surface area (Å²) in [5.74, 6) is 1.76. The number of rotatable bonds is 6. The van der Waals surface area contributed by atoms with E-state index in [1.54, 1.807) is 18.9 Å². The summed E-state index contributed by atoms with van der Waals surface area (Å²) >= 11 is 1.80. The maximum atomic E-state index is 5.25. The molecule has 0 saturated heterocycles. The fraction of sp³-hybridized carbons (Fsp3) is 0.200. The summed E-state index contributed by atoms with van der Waals surface area (Å²) in [4.78, 5) is 0. The molecule has 24 heavy (non-hydrogen) atoms. The molecular weight excluding hydrogens is 316 g/mol. The van der Waals surface area contributed by atoms with Crippen LogP contribution in [0, 0.1) is 0 Å². The molecule has 0 fully saturated rings. The minimum absolute atomic E-state index is 0.135. The molecule has 0 saturated carbocycles. The monoisotopic (exact) mass is 338 g/mol. The van der Waals surface area contributed by atoms with Gasteiger partial charge in [0.2, 0.25) is 0 Å². The standard InChI is InChI=1S/C20H22N2OS/c1-3-13-24-20-21-18(15-7-5-4-6-8-15)14-19(22-20)16-9-11-17(23-2)12-10-16/h3-12,14,18,20-22H,1,13H2,2H3. The van der Waals surface area contributed by atoms with Gasteiger partial charge in [-0.2, -0.15) is 0 Å². The van der Waals surface area contributed by atoms with Gasteiger partial charge in [0, 0.05) is 11.4 Å². The number of hydrogen-bond acceptors (Lipinski definition) is 4. The molecule has 2 atom stereocenters. The molecular formula is C20H22N2OS. The molecule has 0 aromatic heterocycles. The topological polar surface area (TPSA) is 33.3 Å². The average molecular weight is 338 g/mol. The molecule has 1 aliphatic rings. The summed E-state index contributed by atoms with van der Waals surface area (Å²) in [5, 5.41) is 7.20. The lowest BCUT2D eigenvalue weighted by atomic mass is 10.0. The molecule has 124 valence electrons. The van der Waals surface area contributed by atoms with Crippen LogP contribution >= 0.6 is 11.8 Å². The third-order valence-electron chi connectivity index (χ3n) is 3.89. The lowest BCUT2D eigenvalue weighted by Crippen LogP contribution is -2.44. The average Bonchev–Trinajstić information content (AvgIpc) is 2.67. The molecule has 0 amide bonds. The van der Waals surface area contributed by atoms with Gasteiger partial charge in [0.1, 0.15) is 11.2 Å². The first-order valence-electron chi connectivity index (χ1n) is 7.96. The maximum absolute atomic E-state index is 5.25. The Morgan fingerprint density at radius 2 is 1.88 bits per heavy atom. The van der Waals surface area contributed by atoms with E-state index in [1.165, 1.54) is 5.56 Å². The van der Waals surface area contributed by atoms with Gasteiger partial charge < -0.3 is 10.1 Å². The van der Waals surface area contributed by atoms with E-state index in [0.29, 0.717) is 0 Å². The van der Waals surface area contributed by atoms with Crippen LogP contribution in [0.5, 0.6) is 5.75 Å². The van der Waals surface area contributed by atoms with E-state index in [9.17, 15) is 0 Å². The van der Waals surface area contributed by atoms with Crippen LogP contribution in [-0.4, -0.2) is 18.4 Å². The largest absolute Gasteiger partial charge is 0.497 e. The van der Waals surface area contributed by atoms with Crippen molar-refractivity contribution in [2.24, 2.45) is 0 Å². The van der Waals surface area contributed by atoms with Crippen LogP contribution in [0.4, 0.5) is 0 Å². The second kappa shape index (κ2) is 8.08. The molecule has 4 heteroatoms. The Kier molecular flexibility index (Phi) is 5.62. The summed E-state index contributed by atoms with van der Waals surface area (Å²) < 4.78 is 5.25. The maximum Gasteiger partial charge on any atom is 0.126 e. The van der Waals surface area contributed by atoms with Crippen molar-refractivity contribution in [3.8, 4) is 5.75 Å². The van der Waals surface area contributed by atoms with Gasteiger partial charge in [-0.25, -0.2) is 0 Å². The molecule has 1 aliphatic heterocycles. The van der Waals surface area contributed by atoms with E-state index < -0.39 is 0 Å². The molecule has 2 N–H and O–H groups in total. The molecule has 2 aromatic rings. The van der Waals surface area contributed by atoms with Crippen LogP contribution in [0.15, 0.2) is 73.3 Å². The van der Waals surface area contributed by atoms with Crippen molar-refractivity contribution in [1.29, 1.82) is 0 Å². The van der Waals surface area contributed by atoms with Crippen molar-refractivity contribution in [2.45, 2.75) is 11.5 Å². The first-order valence-corrected chi connectivity index (χ1v) is 9.01. The summed E-state index contributed by atoms with van der Waals surface area (Å²) in [5.41, 5.74) is 3.68. The van der Waals surface area contributed by atoms with E-state index in [4.69, 9.17) is 4.74 Å². The lowest BCUT2D eigenvalue weighted by molar-refractivity contribution is 0.414. The van der Waals surface area contributed by atoms with Crippen molar-refractivity contribution in [2.75, 3.05) is 12.9 Å². The van der Waals surface area contributed by atoms with Crippen LogP contribution in [0.1, 0.15) is 17.2 Å². The van der Waals surface area contributed by atoms with Crippen molar-refractivity contribution >= 4 is 17.5 Å². The zero-order chi connectivity index (χ0) is 16.8. The van der Waals surface area contributed by atoms with Gasteiger partial charge in [0.15, 0.2) is 0 Å². The highest BCUT2D eigenvalue weighted by atomic mass is 32.2. The number of thioether (sulfide) groups is 1. The SMILES string of the molecule is C=CCSC1NC(c2ccc(OC)cc2)=CC(c2ccccc2)N1. The first kappa shape index (κ1) is 16.7. The van der Waals surface area contributed by atoms with E-state index in [2.05, 4.69) is 59.7 Å². The molecule has 0 aliphatic carbocycles. The predicted octanol–water partition coefficient (Wildman–Crippen LogP) is 4.17. The molecule has 2 unspecified atom stereocenters. The summed E-state index contributed by atoms with van der Waals surface area (Å²) in [7, 11) is 1.68. The van der Waals surface area contributed by atoms with E-state index in [0.717, 1.165) is 22.8 Å². The normalized spacial score (nSPS) is 20.0.